The van der Waals surface area contributed by atoms with Gasteiger partial charge in [0, 0.05) is 18.7 Å². The van der Waals surface area contributed by atoms with E-state index in [-0.39, 0.29) is 23.6 Å². The van der Waals surface area contributed by atoms with Crippen LogP contribution in [0.5, 0.6) is 5.75 Å². The molecule has 0 spiro atoms. The Balaban J connectivity index is 1.50. The first kappa shape index (κ1) is 26.7. The molecule has 1 saturated heterocycles. The summed E-state index contributed by atoms with van der Waals surface area (Å²) in [6, 6.07) is 7.48. The number of hydrogen-bond acceptors (Lipinski definition) is 6. The topological polar surface area (TPSA) is 118 Å². The van der Waals surface area contributed by atoms with Crippen molar-refractivity contribution in [2.75, 3.05) is 26.0 Å². The summed E-state index contributed by atoms with van der Waals surface area (Å²) in [6.45, 7) is 2.27. The second kappa shape index (κ2) is 12.2. The predicted molar refractivity (Wildman–Crippen MR) is 141 cm³/mol. The molecule has 0 unspecified atom stereocenters. The van der Waals surface area contributed by atoms with Crippen molar-refractivity contribution in [3.05, 3.63) is 36.5 Å². The van der Waals surface area contributed by atoms with Gasteiger partial charge in [0.25, 0.3) is 0 Å². The van der Waals surface area contributed by atoms with Gasteiger partial charge in [0.1, 0.15) is 23.7 Å². The van der Waals surface area contributed by atoms with Crippen molar-refractivity contribution in [2.24, 2.45) is 5.92 Å². The van der Waals surface area contributed by atoms with Gasteiger partial charge in [-0.2, -0.15) is 5.10 Å². The van der Waals surface area contributed by atoms with E-state index in [1.807, 2.05) is 24.3 Å². The quantitative estimate of drug-likeness (QED) is 0.477. The summed E-state index contributed by atoms with van der Waals surface area (Å²) in [4.78, 5) is 41.7. The lowest BCUT2D eigenvalue weighted by molar-refractivity contribution is -0.142. The maximum atomic E-state index is 13.8. The Hall–Kier alpha value is -3.40. The first-order valence-corrected chi connectivity index (χ1v) is 13.2. The summed E-state index contributed by atoms with van der Waals surface area (Å²) in [5.74, 6) is 0.649. The number of likely N-dealkylation sites (N-methyl/N-ethyl adjacent to an activating group) is 1. The molecule has 10 nitrogen and oxygen atoms in total. The predicted octanol–water partition coefficient (Wildman–Crippen LogP) is 2.48. The van der Waals surface area contributed by atoms with Gasteiger partial charge in [-0.05, 0) is 57.7 Å². The highest BCUT2D eigenvalue weighted by atomic mass is 16.5. The third-order valence-corrected chi connectivity index (χ3v) is 7.54. The van der Waals surface area contributed by atoms with E-state index in [0.29, 0.717) is 24.5 Å². The van der Waals surface area contributed by atoms with Gasteiger partial charge in [-0.25, -0.2) is 4.68 Å². The van der Waals surface area contributed by atoms with Crippen molar-refractivity contribution >= 4 is 23.5 Å². The molecule has 4 rings (SSSR count). The molecule has 2 aliphatic rings. The highest BCUT2D eigenvalue weighted by Gasteiger charge is 2.41. The summed E-state index contributed by atoms with van der Waals surface area (Å²) >= 11 is 0. The molecule has 3 atom stereocenters. The van der Waals surface area contributed by atoms with Crippen LogP contribution in [0, 0.1) is 5.92 Å². The van der Waals surface area contributed by atoms with Crippen LogP contribution in [0.1, 0.15) is 51.9 Å². The van der Waals surface area contributed by atoms with Crippen molar-refractivity contribution < 1.29 is 19.1 Å². The van der Waals surface area contributed by atoms with Crippen molar-refractivity contribution in [1.82, 2.24) is 25.3 Å². The lowest BCUT2D eigenvalue weighted by Gasteiger charge is -2.35. The molecule has 3 amide bonds. The Labute approximate surface area is 218 Å². The van der Waals surface area contributed by atoms with Crippen molar-refractivity contribution in [3.63, 3.8) is 0 Å². The Bertz CT molecular complexity index is 1100. The normalized spacial score (nSPS) is 19.8. The zero-order chi connectivity index (χ0) is 26.4. The molecule has 2 aromatic rings. The second-order valence-corrected chi connectivity index (χ2v) is 9.90. The number of anilines is 1. The molecule has 200 valence electrons. The van der Waals surface area contributed by atoms with Crippen molar-refractivity contribution in [2.45, 2.75) is 70.0 Å². The minimum atomic E-state index is -0.626. The van der Waals surface area contributed by atoms with Gasteiger partial charge in [0.05, 0.1) is 25.0 Å². The van der Waals surface area contributed by atoms with Gasteiger partial charge >= 0.3 is 0 Å². The molecule has 1 saturated carbocycles. The monoisotopic (exact) mass is 510 g/mol. The number of methoxy groups -OCH3 is 1. The number of amides is 3. The zero-order valence-corrected chi connectivity index (χ0v) is 21.9. The maximum absolute atomic E-state index is 13.8. The minimum absolute atomic E-state index is 0.0769. The van der Waals surface area contributed by atoms with Gasteiger partial charge in [-0.3, -0.25) is 14.4 Å². The van der Waals surface area contributed by atoms with Crippen LogP contribution in [-0.4, -0.2) is 71.2 Å². The van der Waals surface area contributed by atoms with Crippen LogP contribution in [0.4, 0.5) is 5.82 Å². The van der Waals surface area contributed by atoms with Crippen molar-refractivity contribution in [3.8, 4) is 11.4 Å². The average Bonchev–Trinajstić information content (AvgIpc) is 3.61. The summed E-state index contributed by atoms with van der Waals surface area (Å²) in [7, 11) is 3.32. The van der Waals surface area contributed by atoms with E-state index in [2.05, 4.69) is 21.0 Å². The maximum Gasteiger partial charge on any atom is 0.248 e. The lowest BCUT2D eigenvalue weighted by atomic mass is 9.83. The van der Waals surface area contributed by atoms with E-state index >= 15 is 0 Å². The van der Waals surface area contributed by atoms with Crippen molar-refractivity contribution in [1.29, 1.82) is 0 Å². The number of ether oxygens (including phenoxy) is 1. The number of carbonyl (C=O) groups excluding carboxylic acids is 3. The van der Waals surface area contributed by atoms with E-state index in [1.54, 1.807) is 42.9 Å². The van der Waals surface area contributed by atoms with Crippen LogP contribution in [0.25, 0.3) is 5.69 Å². The molecular weight excluding hydrogens is 472 g/mol. The van der Waals surface area contributed by atoms with E-state index in [0.717, 1.165) is 44.2 Å². The first-order chi connectivity index (χ1) is 17.9. The molecule has 2 heterocycles. The highest BCUT2D eigenvalue weighted by molar-refractivity contribution is 5.98. The van der Waals surface area contributed by atoms with Gasteiger partial charge in [-0.15, -0.1) is 0 Å². The molecule has 0 bridgehead atoms. The molecule has 1 aromatic heterocycles. The molecule has 1 aliphatic heterocycles. The van der Waals surface area contributed by atoms with E-state index in [4.69, 9.17) is 4.74 Å². The van der Waals surface area contributed by atoms with Gasteiger partial charge in [-0.1, -0.05) is 25.3 Å². The summed E-state index contributed by atoms with van der Waals surface area (Å²) < 4.78 is 6.94. The van der Waals surface area contributed by atoms with Gasteiger partial charge in [0.2, 0.25) is 17.7 Å². The summed E-state index contributed by atoms with van der Waals surface area (Å²) in [6.07, 6.45) is 7.96. The van der Waals surface area contributed by atoms with E-state index in [1.165, 1.54) is 0 Å². The van der Waals surface area contributed by atoms with Gasteiger partial charge in [0.15, 0.2) is 0 Å². The van der Waals surface area contributed by atoms with Crippen LogP contribution in [0.15, 0.2) is 36.5 Å². The second-order valence-electron chi connectivity index (χ2n) is 9.90. The SMILES string of the molecule is CN[C@@H](C)C(=O)N[C@H](C(=O)N1CCC[C@H]1C(=O)Nc1ccnn1-c1cccc(OC)c1)C1CCCCC1. The van der Waals surface area contributed by atoms with Crippen LogP contribution >= 0.6 is 0 Å². The van der Waals surface area contributed by atoms with Gasteiger partial charge < -0.3 is 25.6 Å². The van der Waals surface area contributed by atoms with Crippen LogP contribution < -0.4 is 20.7 Å². The molecular formula is C27H38N6O4. The molecule has 1 aliphatic carbocycles. The number of rotatable bonds is 9. The molecule has 37 heavy (non-hydrogen) atoms. The number of hydrogen-bond donors (Lipinski definition) is 3. The lowest BCUT2D eigenvalue weighted by Crippen LogP contribution is -2.57. The number of aromatic nitrogens is 2. The Morgan fingerprint density at radius 1 is 1.08 bits per heavy atom. The zero-order valence-electron chi connectivity index (χ0n) is 21.9. The van der Waals surface area contributed by atoms with Crippen LogP contribution in [-0.2, 0) is 14.4 Å². The molecule has 1 aromatic carbocycles. The summed E-state index contributed by atoms with van der Waals surface area (Å²) in [5.41, 5.74) is 0.748. The van der Waals surface area contributed by atoms with E-state index in [9.17, 15) is 14.4 Å². The van der Waals surface area contributed by atoms with Crippen LogP contribution in [0.2, 0.25) is 0 Å². The number of nitrogens with one attached hydrogen (secondary N) is 3. The van der Waals surface area contributed by atoms with Crippen LogP contribution in [0.3, 0.4) is 0 Å². The fourth-order valence-corrected chi connectivity index (χ4v) is 5.30. The number of benzene rings is 1. The average molecular weight is 511 g/mol. The highest BCUT2D eigenvalue weighted by Crippen LogP contribution is 2.30. The number of carbonyl (C=O) groups is 3. The Morgan fingerprint density at radius 3 is 2.59 bits per heavy atom. The first-order valence-electron chi connectivity index (χ1n) is 13.2. The smallest absolute Gasteiger partial charge is 0.248 e. The minimum Gasteiger partial charge on any atom is -0.497 e. The number of likely N-dealkylation sites (tertiary alicyclic amines) is 1. The summed E-state index contributed by atoms with van der Waals surface area (Å²) in [5, 5.41) is 13.3. The largest absolute Gasteiger partial charge is 0.497 e. The third-order valence-electron chi connectivity index (χ3n) is 7.54. The Morgan fingerprint density at radius 2 is 1.86 bits per heavy atom. The molecule has 3 N–H and O–H groups in total. The fraction of sp³-hybridized carbons (Fsp3) is 0.556. The Kier molecular flexibility index (Phi) is 8.81. The standard InChI is InChI=1S/C27H38N6O4/c1-18(28-2)25(34)31-24(19-9-5-4-6-10-19)27(36)32-16-8-13-22(32)26(35)30-23-14-15-29-33(23)20-11-7-12-21(17-20)37-3/h7,11-12,14-15,17-19,22,24,28H,4-6,8-10,13,16H2,1-3H3,(H,30,35)(H,31,34)/t18-,22-,24-/m0/s1. The molecule has 10 heteroatoms. The fourth-order valence-electron chi connectivity index (χ4n) is 5.30. The third kappa shape index (κ3) is 6.12. The molecule has 0 radical (unpaired) electrons. The number of nitrogens with zero attached hydrogens (tertiary/aromatic N) is 3. The molecule has 2 fully saturated rings. The van der Waals surface area contributed by atoms with E-state index < -0.39 is 18.1 Å².